The highest BCUT2D eigenvalue weighted by Crippen LogP contribution is 2.30. The van der Waals surface area contributed by atoms with Crippen LogP contribution in [0.25, 0.3) is 10.2 Å². The number of piperazine rings is 1. The van der Waals surface area contributed by atoms with Crippen molar-refractivity contribution in [3.63, 3.8) is 0 Å². The summed E-state index contributed by atoms with van der Waals surface area (Å²) in [7, 11) is 2.12. The van der Waals surface area contributed by atoms with Crippen molar-refractivity contribution in [1.29, 1.82) is 0 Å². The predicted octanol–water partition coefficient (Wildman–Crippen LogP) is 2.88. The Bertz CT molecular complexity index is 1150. The third-order valence-corrected chi connectivity index (χ3v) is 8.10. The maximum atomic E-state index is 13.2. The number of thiazole rings is 1. The van der Waals surface area contributed by atoms with Gasteiger partial charge in [-0.3, -0.25) is 9.69 Å². The Morgan fingerprint density at radius 2 is 2.00 bits per heavy atom. The lowest BCUT2D eigenvalue weighted by atomic mass is 9.92. The van der Waals surface area contributed by atoms with Gasteiger partial charge in [0.15, 0.2) is 5.13 Å². The zero-order valence-electron chi connectivity index (χ0n) is 19.4. The first-order valence-corrected chi connectivity index (χ1v) is 13.4. The molecule has 1 aromatic carbocycles. The van der Waals surface area contributed by atoms with Crippen molar-refractivity contribution < 1.29 is 9.53 Å². The fourth-order valence-electron chi connectivity index (χ4n) is 4.20. The van der Waals surface area contributed by atoms with Crippen LogP contribution in [-0.4, -0.2) is 95.4 Å². The van der Waals surface area contributed by atoms with Crippen molar-refractivity contribution in [2.45, 2.75) is 16.9 Å². The highest BCUT2D eigenvalue weighted by atomic mass is 32.2. The number of amides is 1. The smallest absolute Gasteiger partial charge is 0.254 e. The molecule has 2 aliphatic heterocycles. The molecule has 0 atom stereocenters. The number of carbonyl (C=O) groups excluding carboxylic acids is 1. The molecule has 1 spiro atoms. The number of rotatable bonds is 8. The monoisotopic (exact) mass is 499 g/mol. The van der Waals surface area contributed by atoms with Crippen molar-refractivity contribution in [2.75, 3.05) is 69.9 Å². The van der Waals surface area contributed by atoms with Crippen LogP contribution in [0.4, 0.5) is 11.1 Å². The van der Waals surface area contributed by atoms with E-state index in [4.69, 9.17) is 4.74 Å². The predicted molar refractivity (Wildman–Crippen MR) is 137 cm³/mol. The number of aromatic nitrogens is 3. The molecule has 2 saturated heterocycles. The molecule has 34 heavy (non-hydrogen) atoms. The van der Waals surface area contributed by atoms with Gasteiger partial charge in [0.2, 0.25) is 5.95 Å². The summed E-state index contributed by atoms with van der Waals surface area (Å²) in [6.07, 6.45) is 6.55. The molecule has 0 bridgehead atoms. The van der Waals surface area contributed by atoms with Gasteiger partial charge >= 0.3 is 0 Å². The average molecular weight is 500 g/mol. The Morgan fingerprint density at radius 3 is 2.74 bits per heavy atom. The number of ether oxygens (including phenoxy) is 1. The number of nitrogens with zero attached hydrogens (tertiary/aromatic N) is 5. The molecule has 11 heteroatoms. The van der Waals surface area contributed by atoms with Gasteiger partial charge < -0.3 is 20.3 Å². The topological polar surface area (TPSA) is 95.5 Å². The lowest BCUT2D eigenvalue weighted by Crippen LogP contribution is -2.70. The highest BCUT2D eigenvalue weighted by Gasteiger charge is 2.47. The number of likely N-dealkylation sites (N-methyl/N-ethyl adjacent to an activating group) is 1. The van der Waals surface area contributed by atoms with Crippen molar-refractivity contribution in [1.82, 2.24) is 24.8 Å². The fraction of sp³-hybridized carbons (Fsp3) is 0.478. The molecule has 2 fully saturated rings. The van der Waals surface area contributed by atoms with E-state index in [0.717, 1.165) is 65.0 Å². The maximum absolute atomic E-state index is 13.2. The van der Waals surface area contributed by atoms with Crippen molar-refractivity contribution in [3.8, 4) is 0 Å². The van der Waals surface area contributed by atoms with E-state index in [-0.39, 0.29) is 11.4 Å². The number of fused-ring (bicyclic) bond motifs is 1. The summed E-state index contributed by atoms with van der Waals surface area (Å²) < 4.78 is 6.47. The molecule has 0 aliphatic carbocycles. The van der Waals surface area contributed by atoms with E-state index in [1.165, 1.54) is 0 Å². The zero-order chi connectivity index (χ0) is 23.5. The molecule has 3 aromatic rings. The van der Waals surface area contributed by atoms with E-state index in [0.29, 0.717) is 19.2 Å². The van der Waals surface area contributed by atoms with Crippen molar-refractivity contribution in [3.05, 3.63) is 36.2 Å². The summed E-state index contributed by atoms with van der Waals surface area (Å²) in [5, 5.41) is 7.49. The van der Waals surface area contributed by atoms with Gasteiger partial charge in [-0.2, -0.15) is 0 Å². The van der Waals surface area contributed by atoms with E-state index < -0.39 is 0 Å². The first kappa shape index (κ1) is 23.3. The fourth-order valence-corrected chi connectivity index (χ4v) is 5.45. The second kappa shape index (κ2) is 10.0. The minimum atomic E-state index is -0.0153. The van der Waals surface area contributed by atoms with E-state index in [1.54, 1.807) is 23.1 Å². The van der Waals surface area contributed by atoms with Gasteiger partial charge in [0, 0.05) is 55.6 Å². The van der Waals surface area contributed by atoms with Gasteiger partial charge in [0.1, 0.15) is 0 Å². The minimum Gasteiger partial charge on any atom is -0.377 e. The Hall–Kier alpha value is -2.47. The van der Waals surface area contributed by atoms with Gasteiger partial charge in [0.25, 0.3) is 5.91 Å². The van der Waals surface area contributed by atoms with E-state index in [1.807, 2.05) is 41.7 Å². The molecule has 2 aromatic heterocycles. The van der Waals surface area contributed by atoms with Gasteiger partial charge in [-0.1, -0.05) is 11.3 Å². The Balaban J connectivity index is 1.14. The third kappa shape index (κ3) is 4.83. The van der Waals surface area contributed by atoms with Crippen molar-refractivity contribution in [2.24, 2.45) is 0 Å². The second-order valence-electron chi connectivity index (χ2n) is 8.72. The van der Waals surface area contributed by atoms with Crippen LogP contribution in [0.3, 0.4) is 0 Å². The molecule has 2 aliphatic rings. The summed E-state index contributed by atoms with van der Waals surface area (Å²) in [5.74, 6) is 0.731. The highest BCUT2D eigenvalue weighted by molar-refractivity contribution is 7.98. The SMILES string of the molecule is CSc1cnc(NCCCNc2nc3ccc(C(=O)N4CCN(C)C5(COC5)C4)cc3s2)nc1. The van der Waals surface area contributed by atoms with Crippen LogP contribution < -0.4 is 10.6 Å². The number of carbonyl (C=O) groups is 1. The molecular formula is C23H29N7O2S2. The summed E-state index contributed by atoms with van der Waals surface area (Å²) in [5.41, 5.74) is 1.62. The first-order valence-electron chi connectivity index (χ1n) is 11.4. The Kier molecular flexibility index (Phi) is 6.87. The van der Waals surface area contributed by atoms with Crippen LogP contribution in [0.5, 0.6) is 0 Å². The van der Waals surface area contributed by atoms with Gasteiger partial charge in [0.05, 0.1) is 29.0 Å². The van der Waals surface area contributed by atoms with Crippen LogP contribution in [0, 0.1) is 0 Å². The minimum absolute atomic E-state index is 0.0153. The van der Waals surface area contributed by atoms with Gasteiger partial charge in [-0.15, -0.1) is 11.8 Å². The maximum Gasteiger partial charge on any atom is 0.254 e. The van der Waals surface area contributed by atoms with Crippen LogP contribution in [0.15, 0.2) is 35.5 Å². The van der Waals surface area contributed by atoms with Crippen LogP contribution in [0.2, 0.25) is 0 Å². The number of anilines is 2. The van der Waals surface area contributed by atoms with Gasteiger partial charge in [-0.25, -0.2) is 15.0 Å². The molecule has 2 N–H and O–H groups in total. The molecule has 1 amide bonds. The summed E-state index contributed by atoms with van der Waals surface area (Å²) in [6.45, 7) is 5.28. The zero-order valence-corrected chi connectivity index (χ0v) is 21.0. The number of hydrogen-bond acceptors (Lipinski definition) is 10. The van der Waals surface area contributed by atoms with Crippen LogP contribution in [0.1, 0.15) is 16.8 Å². The van der Waals surface area contributed by atoms with Gasteiger partial charge in [-0.05, 0) is 37.9 Å². The lowest BCUT2D eigenvalue weighted by Gasteiger charge is -2.53. The molecule has 9 nitrogen and oxygen atoms in total. The second-order valence-corrected chi connectivity index (χ2v) is 10.6. The lowest BCUT2D eigenvalue weighted by molar-refractivity contribution is -0.155. The van der Waals surface area contributed by atoms with Crippen molar-refractivity contribution >= 4 is 50.3 Å². The molecule has 4 heterocycles. The van der Waals surface area contributed by atoms with Crippen LogP contribution >= 0.6 is 23.1 Å². The average Bonchev–Trinajstić information content (AvgIpc) is 3.25. The van der Waals surface area contributed by atoms with E-state index in [2.05, 4.69) is 37.5 Å². The largest absolute Gasteiger partial charge is 0.377 e. The summed E-state index contributed by atoms with van der Waals surface area (Å²) in [4.78, 5) is 31.8. The Morgan fingerprint density at radius 1 is 1.21 bits per heavy atom. The number of benzene rings is 1. The summed E-state index contributed by atoms with van der Waals surface area (Å²) >= 11 is 3.21. The number of hydrogen-bond donors (Lipinski definition) is 2. The van der Waals surface area contributed by atoms with E-state index >= 15 is 0 Å². The van der Waals surface area contributed by atoms with Crippen LogP contribution in [-0.2, 0) is 4.74 Å². The quantitative estimate of drug-likeness (QED) is 0.358. The molecule has 0 radical (unpaired) electrons. The van der Waals surface area contributed by atoms with E-state index in [9.17, 15) is 4.79 Å². The molecule has 0 saturated carbocycles. The summed E-state index contributed by atoms with van der Waals surface area (Å²) in [6, 6.07) is 5.81. The standard InChI is InChI=1S/C23H29N7O2S2/c1-29-8-9-30(13-23(29)14-32-15-23)20(31)16-4-5-18-19(10-16)34-22(28-18)25-7-3-6-24-21-26-11-17(33-2)12-27-21/h4-5,10-12H,3,6-9,13-15H2,1-2H3,(H,25,28)(H,24,26,27). The third-order valence-electron chi connectivity index (χ3n) is 6.44. The molecule has 180 valence electrons. The molecular weight excluding hydrogens is 470 g/mol. The number of thioether (sulfide) groups is 1. The molecule has 5 rings (SSSR count). The Labute approximate surface area is 207 Å². The first-order chi connectivity index (χ1) is 16.6. The number of nitrogens with one attached hydrogen (secondary N) is 2. The normalized spacial score (nSPS) is 17.6. The molecule has 0 unspecified atom stereocenters.